The van der Waals surface area contributed by atoms with Gasteiger partial charge in [0, 0.05) is 25.0 Å². The summed E-state index contributed by atoms with van der Waals surface area (Å²) in [6.07, 6.45) is 1.26. The van der Waals surface area contributed by atoms with Crippen molar-refractivity contribution in [3.05, 3.63) is 35.9 Å². The Hall–Kier alpha value is -0.530. The summed E-state index contributed by atoms with van der Waals surface area (Å²) in [5, 5.41) is 0. The van der Waals surface area contributed by atoms with E-state index in [1.165, 1.54) is 18.5 Å². The first-order chi connectivity index (χ1) is 6.40. The maximum atomic E-state index is 5.82. The van der Waals surface area contributed by atoms with Gasteiger partial charge in [-0.05, 0) is 12.0 Å². The summed E-state index contributed by atoms with van der Waals surface area (Å²) in [6.45, 7) is 2.25. The molecule has 1 saturated heterocycles. The van der Waals surface area contributed by atoms with Crippen molar-refractivity contribution in [1.82, 2.24) is 4.90 Å². The van der Waals surface area contributed by atoms with Gasteiger partial charge in [0.15, 0.2) is 0 Å². The average Bonchev–Trinajstić information content (AvgIpc) is 2.15. The van der Waals surface area contributed by atoms with Crippen molar-refractivity contribution >= 4 is 11.6 Å². The SMILES string of the molecule is ClC[C@H]1CCN1Cc1ccccc1. The van der Waals surface area contributed by atoms with Gasteiger partial charge in [0.25, 0.3) is 0 Å². The van der Waals surface area contributed by atoms with E-state index in [1.807, 2.05) is 0 Å². The molecule has 2 heteroatoms. The Morgan fingerprint density at radius 1 is 1.31 bits per heavy atom. The number of likely N-dealkylation sites (tertiary alicyclic amines) is 1. The normalized spacial score (nSPS) is 22.7. The standard InChI is InChI=1S/C11H14ClN/c12-8-11-6-7-13(11)9-10-4-2-1-3-5-10/h1-5,11H,6-9H2/t11-/m1/s1. The molecule has 1 nitrogen and oxygen atoms in total. The molecule has 1 aromatic rings. The van der Waals surface area contributed by atoms with E-state index in [-0.39, 0.29) is 0 Å². The van der Waals surface area contributed by atoms with E-state index in [0.717, 1.165) is 12.4 Å². The van der Waals surface area contributed by atoms with Crippen molar-refractivity contribution in [2.24, 2.45) is 0 Å². The van der Waals surface area contributed by atoms with Gasteiger partial charge in [-0.25, -0.2) is 0 Å². The van der Waals surface area contributed by atoms with Gasteiger partial charge in [-0.3, -0.25) is 4.90 Å². The number of alkyl halides is 1. The molecule has 1 aliphatic heterocycles. The van der Waals surface area contributed by atoms with Crippen LogP contribution in [-0.4, -0.2) is 23.4 Å². The minimum absolute atomic E-state index is 0.613. The number of halogens is 1. The summed E-state index contributed by atoms with van der Waals surface area (Å²) in [5.41, 5.74) is 1.39. The van der Waals surface area contributed by atoms with Crippen LogP contribution in [0.3, 0.4) is 0 Å². The van der Waals surface area contributed by atoms with Crippen LogP contribution < -0.4 is 0 Å². The van der Waals surface area contributed by atoms with Crippen LogP contribution in [0, 0.1) is 0 Å². The van der Waals surface area contributed by atoms with Crippen LogP contribution in [0.1, 0.15) is 12.0 Å². The van der Waals surface area contributed by atoms with Gasteiger partial charge in [0.05, 0.1) is 0 Å². The fourth-order valence-corrected chi connectivity index (χ4v) is 2.04. The molecule has 0 aliphatic carbocycles. The Kier molecular flexibility index (Phi) is 2.87. The van der Waals surface area contributed by atoms with E-state index in [1.54, 1.807) is 0 Å². The van der Waals surface area contributed by atoms with Gasteiger partial charge in [-0.1, -0.05) is 30.3 Å². The number of rotatable bonds is 3. The zero-order valence-electron chi connectivity index (χ0n) is 7.62. The summed E-state index contributed by atoms with van der Waals surface area (Å²) in [6, 6.07) is 11.2. The minimum Gasteiger partial charge on any atom is -0.295 e. The highest BCUT2D eigenvalue weighted by atomic mass is 35.5. The van der Waals surface area contributed by atoms with E-state index in [2.05, 4.69) is 35.2 Å². The second kappa shape index (κ2) is 4.12. The Labute approximate surface area is 84.3 Å². The molecule has 0 radical (unpaired) electrons. The van der Waals surface area contributed by atoms with Gasteiger partial charge in [0.2, 0.25) is 0 Å². The number of benzene rings is 1. The van der Waals surface area contributed by atoms with Crippen LogP contribution >= 0.6 is 11.6 Å². The van der Waals surface area contributed by atoms with E-state index in [0.29, 0.717) is 6.04 Å². The quantitative estimate of drug-likeness (QED) is 0.670. The van der Waals surface area contributed by atoms with Crippen LogP contribution in [0.4, 0.5) is 0 Å². The third kappa shape index (κ3) is 2.04. The van der Waals surface area contributed by atoms with Crippen LogP contribution in [0.2, 0.25) is 0 Å². The lowest BCUT2D eigenvalue weighted by atomic mass is 10.0. The van der Waals surface area contributed by atoms with Crippen molar-refractivity contribution < 1.29 is 0 Å². The Morgan fingerprint density at radius 2 is 2.08 bits per heavy atom. The van der Waals surface area contributed by atoms with Crippen molar-refractivity contribution in [3.63, 3.8) is 0 Å². The molecule has 0 aromatic heterocycles. The number of nitrogens with zero attached hydrogens (tertiary/aromatic N) is 1. The minimum atomic E-state index is 0.613. The zero-order valence-corrected chi connectivity index (χ0v) is 8.37. The van der Waals surface area contributed by atoms with Gasteiger partial charge in [0.1, 0.15) is 0 Å². The highest BCUT2D eigenvalue weighted by Crippen LogP contribution is 2.21. The number of hydrogen-bond acceptors (Lipinski definition) is 1. The summed E-state index contributed by atoms with van der Waals surface area (Å²) in [5.74, 6) is 0.771. The molecule has 1 aliphatic rings. The van der Waals surface area contributed by atoms with E-state index < -0.39 is 0 Å². The molecule has 1 fully saturated rings. The summed E-state index contributed by atoms with van der Waals surface area (Å²) < 4.78 is 0. The molecule has 2 rings (SSSR count). The van der Waals surface area contributed by atoms with Crippen LogP contribution in [0.15, 0.2) is 30.3 Å². The Bertz CT molecular complexity index is 258. The fraction of sp³-hybridized carbons (Fsp3) is 0.455. The van der Waals surface area contributed by atoms with Crippen molar-refractivity contribution in [1.29, 1.82) is 0 Å². The molecule has 1 heterocycles. The topological polar surface area (TPSA) is 3.24 Å². The van der Waals surface area contributed by atoms with E-state index >= 15 is 0 Å². The zero-order chi connectivity index (χ0) is 9.10. The third-order valence-corrected chi connectivity index (χ3v) is 3.03. The molecule has 1 atom stereocenters. The van der Waals surface area contributed by atoms with Gasteiger partial charge in [-0.2, -0.15) is 0 Å². The molecule has 70 valence electrons. The van der Waals surface area contributed by atoms with Gasteiger partial charge in [-0.15, -0.1) is 11.6 Å². The first kappa shape index (κ1) is 9.04. The van der Waals surface area contributed by atoms with Crippen LogP contribution in [0.5, 0.6) is 0 Å². The lowest BCUT2D eigenvalue weighted by Crippen LogP contribution is -2.47. The summed E-state index contributed by atoms with van der Waals surface area (Å²) in [4.78, 5) is 2.43. The largest absolute Gasteiger partial charge is 0.295 e. The molecule has 0 saturated carbocycles. The Balaban J connectivity index is 1.92. The first-order valence-corrected chi connectivity index (χ1v) is 5.27. The predicted octanol–water partition coefficient (Wildman–Crippen LogP) is 2.50. The van der Waals surface area contributed by atoms with Gasteiger partial charge >= 0.3 is 0 Å². The lowest BCUT2D eigenvalue weighted by molar-refractivity contribution is 0.0984. The second-order valence-corrected chi connectivity index (χ2v) is 3.86. The van der Waals surface area contributed by atoms with Crippen molar-refractivity contribution in [3.8, 4) is 0 Å². The summed E-state index contributed by atoms with van der Waals surface area (Å²) >= 11 is 5.82. The van der Waals surface area contributed by atoms with Crippen molar-refractivity contribution in [2.75, 3.05) is 12.4 Å². The fourth-order valence-electron chi connectivity index (χ4n) is 1.70. The molecular formula is C11H14ClN. The smallest absolute Gasteiger partial charge is 0.0380 e. The molecular weight excluding hydrogens is 182 g/mol. The molecule has 13 heavy (non-hydrogen) atoms. The third-order valence-electron chi connectivity index (χ3n) is 2.67. The molecule has 0 unspecified atom stereocenters. The molecule has 0 amide bonds. The molecule has 0 bridgehead atoms. The summed E-state index contributed by atoms with van der Waals surface area (Å²) in [7, 11) is 0. The maximum Gasteiger partial charge on any atom is 0.0380 e. The average molecular weight is 196 g/mol. The molecule has 0 N–H and O–H groups in total. The van der Waals surface area contributed by atoms with Crippen molar-refractivity contribution in [2.45, 2.75) is 19.0 Å². The van der Waals surface area contributed by atoms with Crippen LogP contribution in [0.25, 0.3) is 0 Å². The second-order valence-electron chi connectivity index (χ2n) is 3.55. The molecule has 1 aromatic carbocycles. The highest BCUT2D eigenvalue weighted by molar-refractivity contribution is 6.18. The number of hydrogen-bond donors (Lipinski definition) is 0. The monoisotopic (exact) mass is 195 g/mol. The predicted molar refractivity (Wildman–Crippen MR) is 56.0 cm³/mol. The van der Waals surface area contributed by atoms with Gasteiger partial charge < -0.3 is 0 Å². The first-order valence-electron chi connectivity index (χ1n) is 4.74. The Morgan fingerprint density at radius 3 is 2.62 bits per heavy atom. The van der Waals surface area contributed by atoms with E-state index in [4.69, 9.17) is 11.6 Å². The molecule has 0 spiro atoms. The van der Waals surface area contributed by atoms with Crippen LogP contribution in [-0.2, 0) is 6.54 Å². The maximum absolute atomic E-state index is 5.82. The lowest BCUT2D eigenvalue weighted by Gasteiger charge is -2.39. The van der Waals surface area contributed by atoms with E-state index in [9.17, 15) is 0 Å². The highest BCUT2D eigenvalue weighted by Gasteiger charge is 2.26.